The Bertz CT molecular complexity index is 900. The van der Waals surface area contributed by atoms with Crippen molar-refractivity contribution in [1.82, 2.24) is 0 Å². The molecule has 2 saturated carbocycles. The number of allylic oxidation sites excluding steroid dienone is 7. The minimum atomic E-state index is -0.233. The molecule has 0 saturated heterocycles. The van der Waals surface area contributed by atoms with Crippen molar-refractivity contribution < 1.29 is 9.90 Å². The van der Waals surface area contributed by atoms with E-state index in [1.807, 2.05) is 6.92 Å². The molecule has 4 aliphatic rings. The van der Waals surface area contributed by atoms with E-state index >= 15 is 0 Å². The van der Waals surface area contributed by atoms with E-state index in [1.165, 1.54) is 31.3 Å². The number of hydrogen-bond donors (Lipinski definition) is 1. The van der Waals surface area contributed by atoms with Gasteiger partial charge in [-0.1, -0.05) is 72.1 Å². The normalized spacial score (nSPS) is 44.0. The van der Waals surface area contributed by atoms with Crippen LogP contribution in [-0.4, -0.2) is 10.9 Å². The average Bonchev–Trinajstić information content (AvgIpc) is 2.71. The van der Waals surface area contributed by atoms with Crippen LogP contribution < -0.4 is 0 Å². The lowest BCUT2D eigenvalue weighted by Crippen LogP contribution is -2.55. The molecule has 1 N–H and O–H groups in total. The van der Waals surface area contributed by atoms with E-state index < -0.39 is 0 Å². The van der Waals surface area contributed by atoms with Crippen molar-refractivity contribution >= 4 is 5.78 Å². The molecule has 6 atom stereocenters. The van der Waals surface area contributed by atoms with Gasteiger partial charge in [-0.05, 0) is 78.4 Å². The summed E-state index contributed by atoms with van der Waals surface area (Å²) in [6, 6.07) is 0. The third-order valence-corrected chi connectivity index (χ3v) is 10.1. The van der Waals surface area contributed by atoms with Crippen LogP contribution in [0.1, 0.15) is 87.0 Å². The lowest BCUT2D eigenvalue weighted by molar-refractivity contribution is -0.114. The first-order valence-corrected chi connectivity index (χ1v) is 12.1. The lowest BCUT2D eigenvalue weighted by Gasteiger charge is -2.63. The summed E-state index contributed by atoms with van der Waals surface area (Å²) >= 11 is 0. The molecule has 0 spiro atoms. The number of aliphatic hydroxyl groups is 1. The molecule has 4 rings (SSSR count). The van der Waals surface area contributed by atoms with Gasteiger partial charge >= 0.3 is 0 Å². The average molecular weight is 409 g/mol. The van der Waals surface area contributed by atoms with Crippen LogP contribution >= 0.6 is 0 Å². The highest BCUT2D eigenvalue weighted by Gasteiger charge is 2.60. The predicted molar refractivity (Wildman–Crippen MR) is 124 cm³/mol. The van der Waals surface area contributed by atoms with E-state index in [4.69, 9.17) is 0 Å². The van der Waals surface area contributed by atoms with Crippen LogP contribution in [0.4, 0.5) is 0 Å². The molecule has 2 fully saturated rings. The number of fused-ring (bicyclic) bond motifs is 3. The quantitative estimate of drug-likeness (QED) is 0.514. The number of aliphatic hydroxyl groups excluding tert-OH is 1. The Labute approximate surface area is 183 Å². The van der Waals surface area contributed by atoms with Gasteiger partial charge in [0.25, 0.3) is 0 Å². The van der Waals surface area contributed by atoms with E-state index in [2.05, 4.69) is 53.7 Å². The van der Waals surface area contributed by atoms with E-state index in [9.17, 15) is 9.90 Å². The first-order chi connectivity index (χ1) is 14.0. The molecular formula is C28H40O2. The molecule has 2 nitrogen and oxygen atoms in total. The van der Waals surface area contributed by atoms with Crippen LogP contribution in [0.15, 0.2) is 46.3 Å². The maximum Gasteiger partial charge on any atom is 0.220 e. The van der Waals surface area contributed by atoms with Crippen molar-refractivity contribution in [3.05, 3.63) is 46.3 Å². The van der Waals surface area contributed by atoms with Gasteiger partial charge in [0, 0.05) is 11.0 Å². The molecule has 0 unspecified atom stereocenters. The Hall–Kier alpha value is -1.57. The molecule has 0 bridgehead atoms. The molecule has 164 valence electrons. The highest BCUT2D eigenvalue weighted by Crippen LogP contribution is 2.69. The summed E-state index contributed by atoms with van der Waals surface area (Å²) in [6.07, 6.45) is 13.7. The van der Waals surface area contributed by atoms with Crippen LogP contribution in [-0.2, 0) is 4.79 Å². The second-order valence-corrected chi connectivity index (χ2v) is 11.5. The second kappa shape index (κ2) is 6.97. The lowest BCUT2D eigenvalue weighted by atomic mass is 9.40. The van der Waals surface area contributed by atoms with Crippen LogP contribution in [0, 0.1) is 34.0 Å². The maximum absolute atomic E-state index is 12.5. The van der Waals surface area contributed by atoms with Gasteiger partial charge in [0.1, 0.15) is 0 Å². The van der Waals surface area contributed by atoms with Crippen LogP contribution in [0.2, 0.25) is 0 Å². The first kappa shape index (κ1) is 21.7. The van der Waals surface area contributed by atoms with Crippen molar-refractivity contribution in [2.75, 3.05) is 0 Å². The molecule has 4 aliphatic carbocycles. The van der Waals surface area contributed by atoms with E-state index in [0.29, 0.717) is 0 Å². The Balaban J connectivity index is 1.86. The largest absolute Gasteiger partial charge is 0.504 e. The van der Waals surface area contributed by atoms with Gasteiger partial charge in [-0.25, -0.2) is 0 Å². The molecule has 0 aromatic carbocycles. The van der Waals surface area contributed by atoms with Gasteiger partial charge < -0.3 is 5.11 Å². The molecule has 0 aromatic rings. The van der Waals surface area contributed by atoms with Gasteiger partial charge in [-0.3, -0.25) is 4.79 Å². The Morgan fingerprint density at radius 2 is 1.80 bits per heavy atom. The standard InChI is InChI=1S/C28H40O2/c1-8-27(6)24-12-11-20-19(4)25(30)23(29)16-22(20)26(24,5)13-14-28(27,7)21-15-17(2)9-10-18(21)3/h11-12,16-18,21,30H,8-10,13-15H2,1-7H3/t17-,18+,21+,26-,27+,28-/m0/s1. The fourth-order valence-corrected chi connectivity index (χ4v) is 7.72. The third kappa shape index (κ3) is 2.71. The molecular weight excluding hydrogens is 368 g/mol. The summed E-state index contributed by atoms with van der Waals surface area (Å²) in [5.74, 6) is 2.01. The zero-order chi connectivity index (χ0) is 22.1. The molecule has 0 amide bonds. The summed E-state index contributed by atoms with van der Waals surface area (Å²) in [6.45, 7) is 16.6. The summed E-state index contributed by atoms with van der Waals surface area (Å²) in [5.41, 5.74) is 4.66. The van der Waals surface area contributed by atoms with Crippen LogP contribution in [0.25, 0.3) is 0 Å². The predicted octanol–water partition coefficient (Wildman–Crippen LogP) is 7.49. The van der Waals surface area contributed by atoms with Crippen LogP contribution in [0.3, 0.4) is 0 Å². The number of carbonyl (C=O) groups excluding carboxylic acids is 1. The van der Waals surface area contributed by atoms with Crippen molar-refractivity contribution in [2.45, 2.75) is 87.0 Å². The van der Waals surface area contributed by atoms with Crippen molar-refractivity contribution in [3.63, 3.8) is 0 Å². The Morgan fingerprint density at radius 1 is 1.10 bits per heavy atom. The highest BCUT2D eigenvalue weighted by atomic mass is 16.3. The fraction of sp³-hybridized carbons (Fsp3) is 0.679. The van der Waals surface area contributed by atoms with Gasteiger partial charge in [-0.2, -0.15) is 0 Å². The highest BCUT2D eigenvalue weighted by molar-refractivity contribution is 6.06. The summed E-state index contributed by atoms with van der Waals surface area (Å²) in [5, 5.41) is 10.2. The number of ketones is 1. The summed E-state index contributed by atoms with van der Waals surface area (Å²) in [4.78, 5) is 12.5. The zero-order valence-electron chi connectivity index (χ0n) is 20.1. The third-order valence-electron chi connectivity index (χ3n) is 10.1. The van der Waals surface area contributed by atoms with Crippen molar-refractivity contribution in [3.8, 4) is 0 Å². The zero-order valence-corrected chi connectivity index (χ0v) is 20.1. The minimum absolute atomic E-state index is 0.0885. The van der Waals surface area contributed by atoms with Crippen molar-refractivity contribution in [1.29, 1.82) is 0 Å². The van der Waals surface area contributed by atoms with E-state index in [-0.39, 0.29) is 27.8 Å². The smallest absolute Gasteiger partial charge is 0.220 e. The number of rotatable bonds is 2. The summed E-state index contributed by atoms with van der Waals surface area (Å²) in [7, 11) is 0. The summed E-state index contributed by atoms with van der Waals surface area (Å²) < 4.78 is 0. The topological polar surface area (TPSA) is 37.3 Å². The molecule has 0 aliphatic heterocycles. The van der Waals surface area contributed by atoms with Gasteiger partial charge in [0.15, 0.2) is 5.76 Å². The van der Waals surface area contributed by atoms with E-state index in [1.54, 1.807) is 6.08 Å². The SMILES string of the molecule is CC[C@]1(C)C2=CC=C3C(=CC(=O)C(O)=C3C)[C@]2(C)CC[C@@]1(C)[C@@H]1C[C@@H](C)CC[C@H]1C. The molecule has 0 heterocycles. The Kier molecular flexibility index (Phi) is 5.03. The number of carbonyl (C=O) groups is 1. The van der Waals surface area contributed by atoms with Gasteiger partial charge in [0.05, 0.1) is 0 Å². The van der Waals surface area contributed by atoms with Crippen LogP contribution in [0.5, 0.6) is 0 Å². The maximum atomic E-state index is 12.5. The van der Waals surface area contributed by atoms with Gasteiger partial charge in [0.2, 0.25) is 5.78 Å². The number of hydrogen-bond acceptors (Lipinski definition) is 2. The molecule has 0 radical (unpaired) electrons. The minimum Gasteiger partial charge on any atom is -0.504 e. The van der Waals surface area contributed by atoms with E-state index in [0.717, 1.165) is 47.3 Å². The van der Waals surface area contributed by atoms with Gasteiger partial charge in [-0.15, -0.1) is 0 Å². The fourth-order valence-electron chi connectivity index (χ4n) is 7.72. The molecule has 2 heteroatoms. The molecule has 0 aromatic heterocycles. The molecule has 30 heavy (non-hydrogen) atoms. The first-order valence-electron chi connectivity index (χ1n) is 12.1. The Morgan fingerprint density at radius 3 is 2.47 bits per heavy atom. The second-order valence-electron chi connectivity index (χ2n) is 11.5. The monoisotopic (exact) mass is 408 g/mol. The van der Waals surface area contributed by atoms with Crippen molar-refractivity contribution in [2.24, 2.45) is 34.0 Å².